The van der Waals surface area contributed by atoms with Crippen molar-refractivity contribution >= 4 is 16.6 Å². The summed E-state index contributed by atoms with van der Waals surface area (Å²) in [6, 6.07) is 10.5. The van der Waals surface area contributed by atoms with E-state index in [1.807, 2.05) is 6.07 Å². The second-order valence-electron chi connectivity index (χ2n) is 13.1. The first-order valence-electron chi connectivity index (χ1n) is 12.5. The van der Waals surface area contributed by atoms with Crippen LogP contribution in [0.3, 0.4) is 0 Å². The van der Waals surface area contributed by atoms with Crippen LogP contribution in [0.2, 0.25) is 36.3 Å². The van der Waals surface area contributed by atoms with Crippen LogP contribution in [-0.2, 0) is 15.3 Å². The second kappa shape index (κ2) is 10.0. The van der Waals surface area contributed by atoms with Crippen molar-refractivity contribution in [2.75, 3.05) is 6.61 Å². The molecule has 0 radical (unpaired) electrons. The summed E-state index contributed by atoms with van der Waals surface area (Å²) in [5.74, 6) is 0.342. The lowest BCUT2D eigenvalue weighted by atomic mass is 10.0. The molecule has 1 fully saturated rings. The second-order valence-corrected chi connectivity index (χ2v) is 22.7. The topological polar surface area (TPSA) is 38.7 Å². The van der Waals surface area contributed by atoms with Gasteiger partial charge in [-0.2, -0.15) is 0 Å². The summed E-state index contributed by atoms with van der Waals surface area (Å²) < 4.78 is 13.4. The molecule has 5 heteroatoms. The molecule has 3 atom stereocenters. The number of benzene rings is 1. The molecule has 0 saturated heterocycles. The van der Waals surface area contributed by atoms with Crippen LogP contribution in [-0.4, -0.2) is 40.1 Å². The minimum Gasteiger partial charge on any atom is -0.417 e. The molecule has 3 unspecified atom stereocenters. The average Bonchev–Trinajstić information content (AvgIpc) is 3.28. The zero-order valence-corrected chi connectivity index (χ0v) is 24.5. The zero-order chi connectivity index (χ0) is 24.4. The standard InChI is InChI=1S/C27H50O3Si2/c1-25(2,3)31(7,8)29-19-17-24(30-32(9,10)26(4,5)6)20-23-21-27(23,28)18-16-22-14-12-11-13-15-22/h11-15,23-24,28H,16-21H2,1-10H3. The maximum Gasteiger partial charge on any atom is 0.192 e. The van der Waals surface area contributed by atoms with Gasteiger partial charge in [0, 0.05) is 12.7 Å². The molecule has 0 aliphatic heterocycles. The molecule has 0 amide bonds. The first kappa shape index (κ1) is 27.8. The maximum atomic E-state index is 11.1. The van der Waals surface area contributed by atoms with Gasteiger partial charge in [-0.3, -0.25) is 0 Å². The molecule has 1 saturated carbocycles. The maximum absolute atomic E-state index is 11.1. The molecule has 184 valence electrons. The normalized spacial score (nSPS) is 23.3. The van der Waals surface area contributed by atoms with E-state index in [0.717, 1.165) is 38.7 Å². The highest BCUT2D eigenvalue weighted by Gasteiger charge is 2.53. The Morgan fingerprint density at radius 3 is 2.06 bits per heavy atom. The summed E-state index contributed by atoms with van der Waals surface area (Å²) in [6.07, 6.45) is 4.71. The Bertz CT molecular complexity index is 719. The fraction of sp³-hybridized carbons (Fsp3) is 0.778. The van der Waals surface area contributed by atoms with Crippen LogP contribution in [0.25, 0.3) is 0 Å². The summed E-state index contributed by atoms with van der Waals surface area (Å²) >= 11 is 0. The Hall–Kier alpha value is -0.466. The quantitative estimate of drug-likeness (QED) is 0.333. The highest BCUT2D eigenvalue weighted by atomic mass is 28.4. The molecular weight excluding hydrogens is 428 g/mol. The molecule has 0 bridgehead atoms. The highest BCUT2D eigenvalue weighted by Crippen LogP contribution is 2.51. The minimum atomic E-state index is -1.88. The molecule has 3 nitrogen and oxygen atoms in total. The van der Waals surface area contributed by atoms with Gasteiger partial charge in [0.15, 0.2) is 16.6 Å². The third kappa shape index (κ3) is 7.52. The number of rotatable bonds is 11. The van der Waals surface area contributed by atoms with Crippen molar-refractivity contribution in [3.8, 4) is 0 Å². The molecule has 0 spiro atoms. The number of aliphatic hydroxyl groups is 1. The van der Waals surface area contributed by atoms with Gasteiger partial charge in [0.05, 0.1) is 5.60 Å². The van der Waals surface area contributed by atoms with Gasteiger partial charge in [-0.25, -0.2) is 0 Å². The Kier molecular flexibility index (Phi) is 8.70. The van der Waals surface area contributed by atoms with Crippen molar-refractivity contribution < 1.29 is 14.0 Å². The molecule has 1 aromatic rings. The van der Waals surface area contributed by atoms with Crippen molar-refractivity contribution in [2.45, 2.75) is 122 Å². The number of hydrogen-bond acceptors (Lipinski definition) is 3. The lowest BCUT2D eigenvalue weighted by Gasteiger charge is -2.40. The molecular formula is C27H50O3Si2. The Labute approximate surface area is 200 Å². The molecule has 1 aromatic carbocycles. The molecule has 32 heavy (non-hydrogen) atoms. The van der Waals surface area contributed by atoms with E-state index < -0.39 is 22.2 Å². The molecule has 1 aliphatic rings. The third-order valence-corrected chi connectivity index (χ3v) is 17.5. The van der Waals surface area contributed by atoms with Crippen LogP contribution in [0, 0.1) is 5.92 Å². The summed E-state index contributed by atoms with van der Waals surface area (Å²) in [4.78, 5) is 0. The number of hydrogen-bond donors (Lipinski definition) is 1. The SMILES string of the molecule is CC(C)(C)[Si](C)(C)OCCC(CC1CC1(O)CCc1ccccc1)O[Si](C)(C)C(C)(C)C. The van der Waals surface area contributed by atoms with Crippen molar-refractivity contribution in [1.82, 2.24) is 0 Å². The molecule has 1 aliphatic carbocycles. The lowest BCUT2D eigenvalue weighted by molar-refractivity contribution is 0.0880. The first-order valence-corrected chi connectivity index (χ1v) is 18.4. The first-order chi connectivity index (χ1) is 14.5. The molecule has 2 rings (SSSR count). The van der Waals surface area contributed by atoms with Gasteiger partial charge in [0.1, 0.15) is 0 Å². The van der Waals surface area contributed by atoms with E-state index in [-0.39, 0.29) is 16.2 Å². The summed E-state index contributed by atoms with van der Waals surface area (Å²) in [5.41, 5.74) is 0.786. The van der Waals surface area contributed by atoms with E-state index in [0.29, 0.717) is 5.92 Å². The largest absolute Gasteiger partial charge is 0.417 e. The Balaban J connectivity index is 1.98. The summed E-state index contributed by atoms with van der Waals surface area (Å²) in [6.45, 7) is 23.8. The van der Waals surface area contributed by atoms with E-state index in [2.05, 4.69) is 92.0 Å². The van der Waals surface area contributed by atoms with Crippen molar-refractivity contribution in [3.05, 3.63) is 35.9 Å². The van der Waals surface area contributed by atoms with Crippen molar-refractivity contribution in [3.63, 3.8) is 0 Å². The van der Waals surface area contributed by atoms with Crippen LogP contribution < -0.4 is 0 Å². The van der Waals surface area contributed by atoms with Crippen LogP contribution >= 0.6 is 0 Å². The molecule has 0 aromatic heterocycles. The van der Waals surface area contributed by atoms with Gasteiger partial charge in [0.2, 0.25) is 0 Å². The van der Waals surface area contributed by atoms with Gasteiger partial charge < -0.3 is 14.0 Å². The van der Waals surface area contributed by atoms with E-state index in [9.17, 15) is 5.11 Å². The monoisotopic (exact) mass is 478 g/mol. The van der Waals surface area contributed by atoms with Crippen LogP contribution in [0.1, 0.15) is 72.8 Å². The van der Waals surface area contributed by atoms with E-state index in [1.165, 1.54) is 5.56 Å². The Morgan fingerprint density at radius 1 is 0.969 bits per heavy atom. The average molecular weight is 479 g/mol. The minimum absolute atomic E-state index is 0.163. The lowest BCUT2D eigenvalue weighted by Crippen LogP contribution is -2.45. The summed E-state index contributed by atoms with van der Waals surface area (Å²) in [7, 11) is -3.65. The van der Waals surface area contributed by atoms with Gasteiger partial charge in [-0.05, 0) is 79.9 Å². The van der Waals surface area contributed by atoms with E-state index in [1.54, 1.807) is 0 Å². The predicted octanol–water partition coefficient (Wildman–Crippen LogP) is 7.56. The van der Waals surface area contributed by atoms with Crippen molar-refractivity contribution in [1.29, 1.82) is 0 Å². The van der Waals surface area contributed by atoms with Gasteiger partial charge in [0.25, 0.3) is 0 Å². The fourth-order valence-electron chi connectivity index (χ4n) is 3.78. The van der Waals surface area contributed by atoms with E-state index >= 15 is 0 Å². The molecule has 0 heterocycles. The zero-order valence-electron chi connectivity index (χ0n) is 22.5. The predicted molar refractivity (Wildman–Crippen MR) is 142 cm³/mol. The van der Waals surface area contributed by atoms with Crippen LogP contribution in [0.4, 0.5) is 0 Å². The van der Waals surface area contributed by atoms with Gasteiger partial charge in [-0.15, -0.1) is 0 Å². The Morgan fingerprint density at radius 2 is 1.53 bits per heavy atom. The third-order valence-electron chi connectivity index (χ3n) is 8.41. The smallest absolute Gasteiger partial charge is 0.192 e. The van der Waals surface area contributed by atoms with Crippen LogP contribution in [0.5, 0.6) is 0 Å². The van der Waals surface area contributed by atoms with Crippen LogP contribution in [0.15, 0.2) is 30.3 Å². The van der Waals surface area contributed by atoms with Gasteiger partial charge >= 0.3 is 0 Å². The van der Waals surface area contributed by atoms with Crippen molar-refractivity contribution in [2.24, 2.45) is 5.92 Å². The number of aryl methyl sites for hydroxylation is 1. The molecule has 1 N–H and O–H groups in total. The highest BCUT2D eigenvalue weighted by molar-refractivity contribution is 6.74. The van der Waals surface area contributed by atoms with Gasteiger partial charge in [-0.1, -0.05) is 71.9 Å². The fourth-order valence-corrected chi connectivity index (χ4v) is 6.24. The summed E-state index contributed by atoms with van der Waals surface area (Å²) in [5, 5.41) is 11.5. The van der Waals surface area contributed by atoms with E-state index in [4.69, 9.17) is 8.85 Å².